The predicted octanol–water partition coefficient (Wildman–Crippen LogP) is 5.47. The summed E-state index contributed by atoms with van der Waals surface area (Å²) >= 11 is 6.44. The van der Waals surface area contributed by atoms with Gasteiger partial charge in [0.25, 0.3) is 5.92 Å². The Bertz CT molecular complexity index is 1160. The van der Waals surface area contributed by atoms with Crippen molar-refractivity contribution >= 4 is 23.3 Å². The second-order valence-electron chi connectivity index (χ2n) is 8.43. The Kier molecular flexibility index (Phi) is 7.07. The van der Waals surface area contributed by atoms with E-state index >= 15 is 0 Å². The summed E-state index contributed by atoms with van der Waals surface area (Å²) in [6.45, 7) is 4.17. The van der Waals surface area contributed by atoms with Gasteiger partial charge < -0.3 is 10.2 Å². The molecule has 0 spiro atoms. The molecule has 34 heavy (non-hydrogen) atoms. The number of piperidine rings is 1. The van der Waals surface area contributed by atoms with E-state index in [0.29, 0.717) is 39.8 Å². The smallest absolute Gasteiger partial charge is 0.270 e. The molecule has 1 N–H and O–H groups in total. The second-order valence-corrected chi connectivity index (χ2v) is 8.84. The van der Waals surface area contributed by atoms with Gasteiger partial charge in [-0.15, -0.1) is 0 Å². The van der Waals surface area contributed by atoms with Gasteiger partial charge in [0.15, 0.2) is 0 Å². The summed E-state index contributed by atoms with van der Waals surface area (Å²) in [4.78, 5) is 27.5. The van der Waals surface area contributed by atoms with Crippen LogP contribution in [-0.4, -0.2) is 40.0 Å². The molecule has 3 aromatic rings. The number of carbonyl (C=O) groups is 1. The minimum absolute atomic E-state index is 0.0593. The first kappa shape index (κ1) is 24.0. The van der Waals surface area contributed by atoms with Crippen molar-refractivity contribution in [1.29, 1.82) is 0 Å². The van der Waals surface area contributed by atoms with Crippen LogP contribution in [0.2, 0.25) is 5.02 Å². The van der Waals surface area contributed by atoms with Crippen LogP contribution in [0.5, 0.6) is 0 Å². The number of nitrogens with one attached hydrogen (secondary N) is 1. The zero-order valence-corrected chi connectivity index (χ0v) is 19.8. The SMILES string of the molecule is CCC(=O)NC1CCN(c2cnc(-c3ccc(C(C)(F)F)cc3)c(-c3ccncc3Cl)n2)CC1. The maximum Gasteiger partial charge on any atom is 0.270 e. The van der Waals surface area contributed by atoms with E-state index in [1.54, 1.807) is 30.6 Å². The summed E-state index contributed by atoms with van der Waals surface area (Å²) in [5.41, 5.74) is 2.37. The lowest BCUT2D eigenvalue weighted by molar-refractivity contribution is -0.121. The molecule has 0 radical (unpaired) electrons. The number of rotatable bonds is 6. The first-order valence-corrected chi connectivity index (χ1v) is 11.6. The van der Waals surface area contributed by atoms with E-state index in [2.05, 4.69) is 20.2 Å². The largest absolute Gasteiger partial charge is 0.355 e. The van der Waals surface area contributed by atoms with Crippen molar-refractivity contribution in [3.05, 3.63) is 59.5 Å². The zero-order valence-electron chi connectivity index (χ0n) is 19.1. The Hall–Kier alpha value is -3.13. The molecule has 178 valence electrons. The fourth-order valence-corrected chi connectivity index (χ4v) is 4.21. The average Bonchev–Trinajstić information content (AvgIpc) is 2.84. The van der Waals surface area contributed by atoms with Gasteiger partial charge >= 0.3 is 0 Å². The highest BCUT2D eigenvalue weighted by atomic mass is 35.5. The van der Waals surface area contributed by atoms with Gasteiger partial charge in [-0.25, -0.2) is 13.8 Å². The lowest BCUT2D eigenvalue weighted by atomic mass is 10.0. The van der Waals surface area contributed by atoms with Gasteiger partial charge in [-0.2, -0.15) is 0 Å². The van der Waals surface area contributed by atoms with Crippen LogP contribution >= 0.6 is 11.6 Å². The molecule has 0 aliphatic carbocycles. The third kappa shape index (κ3) is 5.33. The van der Waals surface area contributed by atoms with Crippen molar-refractivity contribution in [3.63, 3.8) is 0 Å². The summed E-state index contributed by atoms with van der Waals surface area (Å²) in [6.07, 6.45) is 6.96. The highest BCUT2D eigenvalue weighted by Gasteiger charge is 2.25. The molecule has 0 saturated carbocycles. The summed E-state index contributed by atoms with van der Waals surface area (Å²) < 4.78 is 27.4. The van der Waals surface area contributed by atoms with E-state index in [4.69, 9.17) is 16.6 Å². The van der Waals surface area contributed by atoms with Crippen LogP contribution in [0.3, 0.4) is 0 Å². The standard InChI is InChI=1S/C25H26ClF2N5O/c1-3-22(34)31-18-9-12-33(13-10-18)21-15-30-23(16-4-6-17(7-5-16)25(2,27)28)24(32-21)19-8-11-29-14-20(19)26/h4-8,11,14-15,18H,3,9-10,12-13H2,1-2H3,(H,31,34). The number of pyridine rings is 1. The molecule has 2 aromatic heterocycles. The molecule has 0 atom stereocenters. The van der Waals surface area contributed by atoms with Crippen molar-refractivity contribution in [2.45, 2.75) is 45.1 Å². The highest BCUT2D eigenvalue weighted by Crippen LogP contribution is 2.36. The molecule has 4 rings (SSSR count). The molecule has 0 unspecified atom stereocenters. The van der Waals surface area contributed by atoms with Gasteiger partial charge in [-0.1, -0.05) is 42.8 Å². The van der Waals surface area contributed by atoms with E-state index in [1.807, 2.05) is 6.92 Å². The quantitative estimate of drug-likeness (QED) is 0.501. The van der Waals surface area contributed by atoms with E-state index in [-0.39, 0.29) is 17.5 Å². The number of anilines is 1. The van der Waals surface area contributed by atoms with Crippen LogP contribution in [0.1, 0.15) is 38.7 Å². The minimum atomic E-state index is -2.92. The number of amides is 1. The van der Waals surface area contributed by atoms with Crippen molar-refractivity contribution in [2.24, 2.45) is 0 Å². The maximum absolute atomic E-state index is 13.7. The molecule has 6 nitrogen and oxygen atoms in total. The normalized spacial score (nSPS) is 14.8. The van der Waals surface area contributed by atoms with Crippen LogP contribution in [0.25, 0.3) is 22.5 Å². The van der Waals surface area contributed by atoms with Crippen molar-refractivity contribution in [2.75, 3.05) is 18.0 Å². The Morgan fingerprint density at radius 2 is 1.85 bits per heavy atom. The molecule has 3 heterocycles. The van der Waals surface area contributed by atoms with E-state index in [1.165, 1.54) is 18.3 Å². The molecule has 1 amide bonds. The van der Waals surface area contributed by atoms with Crippen molar-refractivity contribution in [3.8, 4) is 22.5 Å². The van der Waals surface area contributed by atoms with E-state index in [9.17, 15) is 13.6 Å². The van der Waals surface area contributed by atoms with Crippen LogP contribution < -0.4 is 10.2 Å². The second kappa shape index (κ2) is 10.0. The molecule has 1 saturated heterocycles. The average molecular weight is 486 g/mol. The molecular formula is C25H26ClF2N5O. The Labute approximate surface area is 202 Å². The lowest BCUT2D eigenvalue weighted by Crippen LogP contribution is -2.44. The van der Waals surface area contributed by atoms with Crippen molar-refractivity contribution in [1.82, 2.24) is 20.3 Å². The molecule has 9 heteroatoms. The summed E-state index contributed by atoms with van der Waals surface area (Å²) in [5.74, 6) is -2.17. The van der Waals surface area contributed by atoms with Crippen LogP contribution in [-0.2, 0) is 10.7 Å². The zero-order chi connectivity index (χ0) is 24.3. The third-order valence-corrected chi connectivity index (χ3v) is 6.26. The van der Waals surface area contributed by atoms with Gasteiger partial charge in [-0.3, -0.25) is 14.8 Å². The first-order valence-electron chi connectivity index (χ1n) is 11.3. The van der Waals surface area contributed by atoms with Gasteiger partial charge in [0, 0.05) is 61.6 Å². The summed E-state index contributed by atoms with van der Waals surface area (Å²) in [6, 6.07) is 7.96. The molecule has 1 aliphatic heterocycles. The minimum Gasteiger partial charge on any atom is -0.355 e. The number of benzene rings is 1. The predicted molar refractivity (Wildman–Crippen MR) is 129 cm³/mol. The van der Waals surface area contributed by atoms with Gasteiger partial charge in [0.2, 0.25) is 5.91 Å². The van der Waals surface area contributed by atoms with Crippen LogP contribution in [0, 0.1) is 0 Å². The number of hydrogen-bond donors (Lipinski definition) is 1. The topological polar surface area (TPSA) is 71.0 Å². The Morgan fingerprint density at radius 1 is 1.15 bits per heavy atom. The molecular weight excluding hydrogens is 460 g/mol. The molecule has 1 aliphatic rings. The third-order valence-electron chi connectivity index (χ3n) is 5.96. The van der Waals surface area contributed by atoms with Crippen LogP contribution in [0.15, 0.2) is 48.9 Å². The van der Waals surface area contributed by atoms with E-state index in [0.717, 1.165) is 32.9 Å². The number of hydrogen-bond acceptors (Lipinski definition) is 5. The fourth-order valence-electron chi connectivity index (χ4n) is 4.00. The highest BCUT2D eigenvalue weighted by molar-refractivity contribution is 6.33. The van der Waals surface area contributed by atoms with Gasteiger partial charge in [-0.05, 0) is 18.9 Å². The van der Waals surface area contributed by atoms with Crippen LogP contribution in [0.4, 0.5) is 14.6 Å². The lowest BCUT2D eigenvalue weighted by Gasteiger charge is -2.33. The molecule has 1 fully saturated rings. The summed E-state index contributed by atoms with van der Waals surface area (Å²) in [5, 5.41) is 3.48. The Morgan fingerprint density at radius 3 is 2.47 bits per heavy atom. The fraction of sp³-hybridized carbons (Fsp3) is 0.360. The monoisotopic (exact) mass is 485 g/mol. The van der Waals surface area contributed by atoms with Gasteiger partial charge in [0.1, 0.15) is 11.5 Å². The van der Waals surface area contributed by atoms with E-state index < -0.39 is 5.92 Å². The number of aromatic nitrogens is 3. The molecule has 0 bridgehead atoms. The summed E-state index contributed by atoms with van der Waals surface area (Å²) in [7, 11) is 0. The number of alkyl halides is 2. The first-order chi connectivity index (χ1) is 16.3. The van der Waals surface area contributed by atoms with Gasteiger partial charge in [0.05, 0.1) is 16.9 Å². The number of halogens is 3. The molecule has 1 aromatic carbocycles. The Balaban J connectivity index is 1.66. The number of nitrogens with zero attached hydrogens (tertiary/aromatic N) is 4. The number of carbonyl (C=O) groups excluding carboxylic acids is 1. The maximum atomic E-state index is 13.7. The van der Waals surface area contributed by atoms with Crippen molar-refractivity contribution < 1.29 is 13.6 Å².